The van der Waals surface area contributed by atoms with E-state index in [1.54, 1.807) is 6.08 Å². The normalized spacial score (nSPS) is 14.6. The number of quaternary nitrogens is 1. The minimum Gasteiger partial charge on any atom is -0.387 e. The molecule has 0 rings (SSSR count). The van der Waals surface area contributed by atoms with E-state index in [0.717, 1.165) is 38.5 Å². The predicted molar refractivity (Wildman–Crippen MR) is 217 cm³/mol. The number of hydrogen-bond donors (Lipinski definition) is 3. The first-order chi connectivity index (χ1) is 24.5. The third-order valence-corrected chi connectivity index (χ3v) is 10.7. The molecule has 0 aromatic carbocycles. The zero-order valence-electron chi connectivity index (χ0n) is 34.4. The molecule has 0 bridgehead atoms. The van der Waals surface area contributed by atoms with E-state index >= 15 is 0 Å². The first kappa shape index (κ1) is 50.2. The molecule has 1 unspecified atom stereocenters. The van der Waals surface area contributed by atoms with Crippen LogP contribution in [-0.2, 0) is 18.4 Å². The minimum absolute atomic E-state index is 0.0645. The summed E-state index contributed by atoms with van der Waals surface area (Å²) >= 11 is 0. The van der Waals surface area contributed by atoms with Crippen LogP contribution < -0.4 is 5.32 Å². The summed E-state index contributed by atoms with van der Waals surface area (Å²) in [5, 5.41) is 13.8. The smallest absolute Gasteiger partial charge is 0.387 e. The number of phosphoric ester groups is 1. The number of nitrogens with zero attached hydrogens (tertiary/aromatic N) is 1. The van der Waals surface area contributed by atoms with Crippen molar-refractivity contribution in [3.8, 4) is 0 Å². The molecule has 9 heteroatoms. The second-order valence-corrected chi connectivity index (χ2v) is 17.5. The summed E-state index contributed by atoms with van der Waals surface area (Å²) < 4.78 is 23.5. The van der Waals surface area contributed by atoms with Gasteiger partial charge >= 0.3 is 7.82 Å². The predicted octanol–water partition coefficient (Wildman–Crippen LogP) is 11.6. The lowest BCUT2D eigenvalue weighted by atomic mass is 10.0. The highest BCUT2D eigenvalue weighted by Crippen LogP contribution is 2.43. The van der Waals surface area contributed by atoms with Crippen LogP contribution >= 0.6 is 7.82 Å². The van der Waals surface area contributed by atoms with Crippen molar-refractivity contribution in [2.75, 3.05) is 40.9 Å². The number of phosphoric acid groups is 1. The van der Waals surface area contributed by atoms with Crippen molar-refractivity contribution in [2.24, 2.45) is 0 Å². The maximum atomic E-state index is 12.8. The lowest BCUT2D eigenvalue weighted by Crippen LogP contribution is -2.45. The van der Waals surface area contributed by atoms with Crippen LogP contribution in [0.5, 0.6) is 0 Å². The van der Waals surface area contributed by atoms with Crippen molar-refractivity contribution in [2.45, 2.75) is 212 Å². The van der Waals surface area contributed by atoms with E-state index in [4.69, 9.17) is 9.05 Å². The fourth-order valence-electron chi connectivity index (χ4n) is 6.28. The number of rotatable bonds is 39. The number of unbranched alkanes of at least 4 members (excludes halogenated alkanes) is 26. The van der Waals surface area contributed by atoms with Crippen molar-refractivity contribution in [1.82, 2.24) is 5.32 Å². The molecule has 0 saturated heterocycles. The van der Waals surface area contributed by atoms with Crippen molar-refractivity contribution < 1.29 is 32.9 Å². The number of hydrogen-bond acceptors (Lipinski definition) is 5. The average molecular weight is 746 g/mol. The number of carbonyl (C=O) groups is 1. The number of nitrogens with one attached hydrogen (secondary N) is 1. The molecule has 0 saturated carbocycles. The number of carbonyl (C=O) groups excluding carboxylic acids is 1. The maximum Gasteiger partial charge on any atom is 0.472 e. The highest BCUT2D eigenvalue weighted by Gasteiger charge is 2.27. The van der Waals surface area contributed by atoms with Crippen LogP contribution in [0.25, 0.3) is 0 Å². The third-order valence-electron chi connectivity index (χ3n) is 9.76. The van der Waals surface area contributed by atoms with Gasteiger partial charge in [0.15, 0.2) is 0 Å². The molecular weight excluding hydrogens is 659 g/mol. The van der Waals surface area contributed by atoms with Gasteiger partial charge in [-0.25, -0.2) is 4.57 Å². The van der Waals surface area contributed by atoms with E-state index in [1.165, 1.54) is 141 Å². The Labute approximate surface area is 316 Å². The van der Waals surface area contributed by atoms with Gasteiger partial charge in [0.05, 0.1) is 39.9 Å². The molecule has 0 spiro atoms. The summed E-state index contributed by atoms with van der Waals surface area (Å²) in [6.45, 7) is 4.82. The summed E-state index contributed by atoms with van der Waals surface area (Å²) in [6, 6.07) is -0.838. The topological polar surface area (TPSA) is 105 Å². The molecule has 0 aliphatic heterocycles. The van der Waals surface area contributed by atoms with Crippen LogP contribution in [0.4, 0.5) is 0 Å². The Morgan fingerprint density at radius 2 is 1.04 bits per heavy atom. The number of likely N-dealkylation sites (N-methyl/N-ethyl adjacent to an activating group) is 1. The third kappa shape index (κ3) is 37.4. The second-order valence-electron chi connectivity index (χ2n) is 16.1. The summed E-state index contributed by atoms with van der Waals surface area (Å²) in [4.78, 5) is 23.1. The molecule has 0 radical (unpaired) electrons. The fraction of sp³-hybridized carbons (Fsp3) is 0.929. The lowest BCUT2D eigenvalue weighted by molar-refractivity contribution is -0.870. The molecular formula is C42H86N2O6P+. The van der Waals surface area contributed by atoms with Crippen LogP contribution in [-0.4, -0.2) is 73.4 Å². The van der Waals surface area contributed by atoms with Gasteiger partial charge in [-0.1, -0.05) is 187 Å². The van der Waals surface area contributed by atoms with Crippen molar-refractivity contribution in [1.29, 1.82) is 0 Å². The Bertz CT molecular complexity index is 850. The molecule has 3 N–H and O–H groups in total. The Balaban J connectivity index is 4.41. The van der Waals surface area contributed by atoms with Crippen LogP contribution in [0.3, 0.4) is 0 Å². The summed E-state index contributed by atoms with van der Waals surface area (Å²) in [7, 11) is 1.58. The number of allylic oxidation sites excluding steroid dienone is 1. The fourth-order valence-corrected chi connectivity index (χ4v) is 7.01. The Hall–Kier alpha value is -0.760. The summed E-state index contributed by atoms with van der Waals surface area (Å²) in [6.07, 6.45) is 38.4. The first-order valence-corrected chi connectivity index (χ1v) is 23.1. The molecule has 0 aromatic heterocycles. The lowest BCUT2D eigenvalue weighted by Gasteiger charge is -2.25. The SMILES string of the molecule is CCCCCCCCCCCCC/C=C/[C@H](O)[C@@H](COP(=O)(O)OCC[N+](C)(C)C)NC(=O)CCCCCCCCCCCCCCCCCC. The van der Waals surface area contributed by atoms with Crippen LogP contribution in [0.15, 0.2) is 12.2 Å². The van der Waals surface area contributed by atoms with Crippen molar-refractivity contribution >= 4 is 13.7 Å². The monoisotopic (exact) mass is 746 g/mol. The van der Waals surface area contributed by atoms with Gasteiger partial charge in [-0.05, 0) is 19.3 Å². The summed E-state index contributed by atoms with van der Waals surface area (Å²) in [5.41, 5.74) is 0. The van der Waals surface area contributed by atoms with E-state index in [0.29, 0.717) is 17.4 Å². The molecule has 304 valence electrons. The Morgan fingerprint density at radius 3 is 1.45 bits per heavy atom. The van der Waals surface area contributed by atoms with Crippen molar-refractivity contribution in [3.05, 3.63) is 12.2 Å². The number of aliphatic hydroxyl groups is 1. The van der Waals surface area contributed by atoms with Gasteiger partial charge < -0.3 is 19.8 Å². The van der Waals surface area contributed by atoms with Gasteiger partial charge in [-0.2, -0.15) is 0 Å². The second kappa shape index (κ2) is 35.0. The molecule has 0 fully saturated rings. The van der Waals surface area contributed by atoms with Crippen LogP contribution in [0.1, 0.15) is 200 Å². The van der Waals surface area contributed by atoms with E-state index in [1.807, 2.05) is 27.2 Å². The first-order valence-electron chi connectivity index (χ1n) is 21.6. The van der Waals surface area contributed by atoms with E-state index in [2.05, 4.69) is 19.2 Å². The van der Waals surface area contributed by atoms with Crippen LogP contribution in [0.2, 0.25) is 0 Å². The van der Waals surface area contributed by atoms with Gasteiger partial charge in [0.1, 0.15) is 13.2 Å². The summed E-state index contributed by atoms with van der Waals surface area (Å²) in [5.74, 6) is -0.175. The zero-order valence-corrected chi connectivity index (χ0v) is 35.3. The largest absolute Gasteiger partial charge is 0.472 e. The van der Waals surface area contributed by atoms with Gasteiger partial charge in [0.25, 0.3) is 0 Å². The van der Waals surface area contributed by atoms with Gasteiger partial charge in [-0.15, -0.1) is 0 Å². The van der Waals surface area contributed by atoms with Crippen molar-refractivity contribution in [3.63, 3.8) is 0 Å². The molecule has 0 aliphatic rings. The minimum atomic E-state index is -4.33. The van der Waals surface area contributed by atoms with Gasteiger partial charge in [0, 0.05) is 6.42 Å². The Morgan fingerprint density at radius 1 is 0.647 bits per heavy atom. The standard InChI is InChI=1S/C42H85N2O6P/c1-6-8-10-12-14-16-18-20-21-22-24-26-28-30-32-34-36-42(46)43-40(39-50-51(47,48)49-38-37-44(3,4)5)41(45)35-33-31-29-27-25-23-19-17-15-13-11-9-7-2/h33,35,40-41,45H,6-32,34,36-39H2,1-5H3,(H-,43,46,47,48)/p+1/b35-33+/t40-,41+/m1/s1. The highest BCUT2D eigenvalue weighted by molar-refractivity contribution is 7.47. The Kier molecular flexibility index (Phi) is 34.5. The number of amides is 1. The molecule has 0 heterocycles. The molecule has 1 amide bonds. The van der Waals surface area contributed by atoms with Gasteiger partial charge in [0.2, 0.25) is 5.91 Å². The van der Waals surface area contributed by atoms with Gasteiger partial charge in [-0.3, -0.25) is 13.8 Å². The maximum absolute atomic E-state index is 12.8. The zero-order chi connectivity index (χ0) is 37.9. The molecule has 3 atom stereocenters. The highest BCUT2D eigenvalue weighted by atomic mass is 31.2. The van der Waals surface area contributed by atoms with E-state index in [-0.39, 0.29) is 19.1 Å². The molecule has 0 aliphatic carbocycles. The van der Waals surface area contributed by atoms with E-state index < -0.39 is 20.0 Å². The average Bonchev–Trinajstić information content (AvgIpc) is 3.07. The molecule has 0 aromatic rings. The van der Waals surface area contributed by atoms with E-state index in [9.17, 15) is 19.4 Å². The van der Waals surface area contributed by atoms with Crippen LogP contribution in [0, 0.1) is 0 Å². The number of aliphatic hydroxyl groups excluding tert-OH is 1. The quantitative estimate of drug-likeness (QED) is 0.0250. The molecule has 8 nitrogen and oxygen atoms in total. The molecule has 51 heavy (non-hydrogen) atoms.